The molecule has 0 fully saturated rings. The number of nitrogens with zero attached hydrogens (tertiary/aromatic N) is 2. The zero-order chi connectivity index (χ0) is 20.3. The van der Waals surface area contributed by atoms with Crippen LogP contribution in [0.1, 0.15) is 31.4 Å². The van der Waals surface area contributed by atoms with Crippen molar-refractivity contribution in [3.63, 3.8) is 0 Å². The highest BCUT2D eigenvalue weighted by Gasteiger charge is 2.29. The molecule has 1 unspecified atom stereocenters. The standard InChI is InChI=1S/C21H21ClF2N2O2/c1-13(2)21(27)26(11-14-7-8-15(23)9-19(14)24)12-16-10-20(25-28-16)17-5-3-4-6-18(17)22/h3-9,13,16H,10-12H2,1-2H3. The minimum Gasteiger partial charge on any atom is -0.390 e. The summed E-state index contributed by atoms with van der Waals surface area (Å²) in [5.74, 6) is -1.74. The minimum absolute atomic E-state index is 0.0322. The Kier molecular flexibility index (Phi) is 6.29. The maximum absolute atomic E-state index is 14.1. The maximum atomic E-state index is 14.1. The van der Waals surface area contributed by atoms with E-state index in [0.717, 1.165) is 11.6 Å². The van der Waals surface area contributed by atoms with Crippen LogP contribution in [0, 0.1) is 17.6 Å². The zero-order valence-corrected chi connectivity index (χ0v) is 16.4. The molecule has 1 amide bonds. The van der Waals surface area contributed by atoms with Gasteiger partial charge in [0, 0.05) is 41.1 Å². The fourth-order valence-electron chi connectivity index (χ4n) is 3.08. The summed E-state index contributed by atoms with van der Waals surface area (Å²) in [6.45, 7) is 3.82. The van der Waals surface area contributed by atoms with Gasteiger partial charge in [0.2, 0.25) is 5.91 Å². The first-order chi connectivity index (χ1) is 13.3. The number of carbonyl (C=O) groups is 1. The number of hydrogen-bond donors (Lipinski definition) is 0. The van der Waals surface area contributed by atoms with E-state index in [9.17, 15) is 13.6 Å². The predicted octanol–water partition coefficient (Wildman–Crippen LogP) is 4.80. The molecule has 1 aliphatic rings. The monoisotopic (exact) mass is 406 g/mol. The van der Waals surface area contributed by atoms with Gasteiger partial charge in [-0.3, -0.25) is 4.79 Å². The molecule has 0 aliphatic carbocycles. The summed E-state index contributed by atoms with van der Waals surface area (Å²) < 4.78 is 27.2. The first kappa shape index (κ1) is 20.3. The Balaban J connectivity index is 1.72. The summed E-state index contributed by atoms with van der Waals surface area (Å²) in [4.78, 5) is 19.7. The van der Waals surface area contributed by atoms with Crippen molar-refractivity contribution in [3.8, 4) is 0 Å². The number of hydrogen-bond acceptors (Lipinski definition) is 3. The predicted molar refractivity (Wildman–Crippen MR) is 104 cm³/mol. The lowest BCUT2D eigenvalue weighted by atomic mass is 10.0. The van der Waals surface area contributed by atoms with Crippen molar-refractivity contribution < 1.29 is 18.4 Å². The molecule has 1 atom stereocenters. The summed E-state index contributed by atoms with van der Waals surface area (Å²) in [6, 6.07) is 10.7. The van der Waals surface area contributed by atoms with Gasteiger partial charge in [0.1, 0.15) is 11.6 Å². The van der Waals surface area contributed by atoms with Gasteiger partial charge in [-0.25, -0.2) is 8.78 Å². The van der Waals surface area contributed by atoms with Crippen molar-refractivity contribution in [1.29, 1.82) is 0 Å². The molecule has 1 aliphatic heterocycles. The van der Waals surface area contributed by atoms with E-state index in [-0.39, 0.29) is 36.6 Å². The fourth-order valence-corrected chi connectivity index (χ4v) is 3.32. The molecule has 0 bridgehead atoms. The van der Waals surface area contributed by atoms with Gasteiger partial charge in [-0.1, -0.05) is 54.9 Å². The molecular weight excluding hydrogens is 386 g/mol. The van der Waals surface area contributed by atoms with Crippen LogP contribution in [0.3, 0.4) is 0 Å². The van der Waals surface area contributed by atoms with Crippen LogP contribution in [0.15, 0.2) is 47.6 Å². The van der Waals surface area contributed by atoms with Gasteiger partial charge < -0.3 is 9.74 Å². The number of rotatable bonds is 6. The fraction of sp³-hybridized carbons (Fsp3) is 0.333. The van der Waals surface area contributed by atoms with Gasteiger partial charge >= 0.3 is 0 Å². The van der Waals surface area contributed by atoms with Crippen molar-refractivity contribution in [1.82, 2.24) is 4.90 Å². The molecule has 148 valence electrons. The molecule has 1 heterocycles. The first-order valence-electron chi connectivity index (χ1n) is 9.05. The molecule has 28 heavy (non-hydrogen) atoms. The quantitative estimate of drug-likeness (QED) is 0.691. The molecular formula is C21H21ClF2N2O2. The average molecular weight is 407 g/mol. The average Bonchev–Trinajstić information content (AvgIpc) is 3.11. The van der Waals surface area contributed by atoms with Gasteiger partial charge in [0.15, 0.2) is 6.10 Å². The van der Waals surface area contributed by atoms with Crippen LogP contribution in [0.5, 0.6) is 0 Å². The van der Waals surface area contributed by atoms with Crippen LogP contribution in [-0.2, 0) is 16.2 Å². The van der Waals surface area contributed by atoms with Crippen LogP contribution in [0.2, 0.25) is 5.02 Å². The number of amides is 1. The Morgan fingerprint density at radius 2 is 2.04 bits per heavy atom. The Hall–Kier alpha value is -2.47. The highest BCUT2D eigenvalue weighted by atomic mass is 35.5. The van der Waals surface area contributed by atoms with Gasteiger partial charge in [-0.05, 0) is 12.1 Å². The van der Waals surface area contributed by atoms with E-state index in [1.54, 1.807) is 19.9 Å². The topological polar surface area (TPSA) is 41.9 Å². The van der Waals surface area contributed by atoms with E-state index in [1.165, 1.54) is 17.0 Å². The smallest absolute Gasteiger partial charge is 0.225 e. The summed E-state index contributed by atoms with van der Waals surface area (Å²) >= 11 is 6.21. The van der Waals surface area contributed by atoms with Crippen LogP contribution >= 0.6 is 11.6 Å². The molecule has 0 radical (unpaired) electrons. The normalized spacial score (nSPS) is 16.1. The highest BCUT2D eigenvalue weighted by Crippen LogP contribution is 2.24. The maximum Gasteiger partial charge on any atom is 0.225 e. The summed E-state index contributed by atoms with van der Waals surface area (Å²) in [5.41, 5.74) is 1.75. The van der Waals surface area contributed by atoms with Crippen molar-refractivity contribution >= 4 is 23.2 Å². The Morgan fingerprint density at radius 3 is 2.71 bits per heavy atom. The Morgan fingerprint density at radius 1 is 1.29 bits per heavy atom. The summed E-state index contributed by atoms with van der Waals surface area (Å²) in [7, 11) is 0. The van der Waals surface area contributed by atoms with Crippen molar-refractivity contribution in [3.05, 3.63) is 70.2 Å². The molecule has 0 saturated carbocycles. The van der Waals surface area contributed by atoms with E-state index in [4.69, 9.17) is 16.4 Å². The second kappa shape index (κ2) is 8.69. The molecule has 4 nitrogen and oxygen atoms in total. The van der Waals surface area contributed by atoms with Crippen LogP contribution in [-0.4, -0.2) is 29.2 Å². The van der Waals surface area contributed by atoms with E-state index >= 15 is 0 Å². The second-order valence-electron chi connectivity index (χ2n) is 7.06. The van der Waals surface area contributed by atoms with E-state index in [1.807, 2.05) is 18.2 Å². The minimum atomic E-state index is -0.679. The lowest BCUT2D eigenvalue weighted by molar-refractivity contribution is -0.137. The highest BCUT2D eigenvalue weighted by molar-refractivity contribution is 6.34. The van der Waals surface area contributed by atoms with E-state index < -0.39 is 11.6 Å². The Labute approximate surface area is 167 Å². The van der Waals surface area contributed by atoms with E-state index in [0.29, 0.717) is 17.2 Å². The molecule has 2 aromatic rings. The molecule has 3 rings (SSSR count). The third kappa shape index (κ3) is 4.68. The van der Waals surface area contributed by atoms with Crippen molar-refractivity contribution in [2.24, 2.45) is 11.1 Å². The van der Waals surface area contributed by atoms with Crippen molar-refractivity contribution in [2.45, 2.75) is 32.9 Å². The third-order valence-corrected chi connectivity index (χ3v) is 4.85. The number of benzene rings is 2. The zero-order valence-electron chi connectivity index (χ0n) is 15.7. The third-order valence-electron chi connectivity index (χ3n) is 4.52. The lowest BCUT2D eigenvalue weighted by Crippen LogP contribution is -2.39. The van der Waals surface area contributed by atoms with Crippen LogP contribution in [0.25, 0.3) is 0 Å². The van der Waals surface area contributed by atoms with E-state index in [2.05, 4.69) is 5.16 Å². The molecule has 0 spiro atoms. The van der Waals surface area contributed by atoms with Gasteiger partial charge in [0.25, 0.3) is 0 Å². The molecule has 7 heteroatoms. The Bertz CT molecular complexity index is 902. The largest absolute Gasteiger partial charge is 0.390 e. The van der Waals surface area contributed by atoms with Crippen LogP contribution in [0.4, 0.5) is 8.78 Å². The number of carbonyl (C=O) groups excluding carboxylic acids is 1. The van der Waals surface area contributed by atoms with Gasteiger partial charge in [-0.2, -0.15) is 0 Å². The summed E-state index contributed by atoms with van der Waals surface area (Å²) in [6.07, 6.45) is 0.120. The molecule has 2 aromatic carbocycles. The van der Waals surface area contributed by atoms with Crippen molar-refractivity contribution in [2.75, 3.05) is 6.54 Å². The summed E-state index contributed by atoms with van der Waals surface area (Å²) in [5, 5.41) is 4.69. The first-order valence-corrected chi connectivity index (χ1v) is 9.43. The second-order valence-corrected chi connectivity index (χ2v) is 7.47. The molecule has 0 aromatic heterocycles. The molecule has 0 saturated heterocycles. The SMILES string of the molecule is CC(C)C(=O)N(Cc1ccc(F)cc1F)CC1CC(c2ccccc2Cl)=NO1. The lowest BCUT2D eigenvalue weighted by Gasteiger charge is -2.26. The van der Waals surface area contributed by atoms with Crippen LogP contribution < -0.4 is 0 Å². The number of halogens is 3. The molecule has 0 N–H and O–H groups in total. The van der Waals surface area contributed by atoms with Gasteiger partial charge in [-0.15, -0.1) is 0 Å². The van der Waals surface area contributed by atoms with Gasteiger partial charge in [0.05, 0.1) is 12.3 Å². The number of oxime groups is 1.